The van der Waals surface area contributed by atoms with Gasteiger partial charge in [-0.25, -0.2) is 13.4 Å². The van der Waals surface area contributed by atoms with Crippen molar-refractivity contribution >= 4 is 21.6 Å². The second-order valence-electron chi connectivity index (χ2n) is 7.11. The molecule has 1 atom stereocenters. The standard InChI is InChI=1S/C16H24N4O3S/c1-16(5-11-24(22,23)13-16)18-15(21)12-19-7-9-20(10-8-19)14-4-2-3-6-17-14/h2-4,6H,5,7-13H2,1H3,(H,18,21)/p+2/t16-/m1/s1. The van der Waals surface area contributed by atoms with Gasteiger partial charge in [-0.2, -0.15) is 0 Å². The zero-order chi connectivity index (χ0) is 17.2. The number of hydrogen-bond donors (Lipinski definition) is 2. The number of hydrogen-bond acceptors (Lipinski definition) is 4. The van der Waals surface area contributed by atoms with Crippen molar-refractivity contribution in [1.29, 1.82) is 0 Å². The van der Waals surface area contributed by atoms with E-state index < -0.39 is 15.4 Å². The highest BCUT2D eigenvalue weighted by atomic mass is 32.2. The molecule has 8 heteroatoms. The second kappa shape index (κ2) is 6.68. The number of quaternary nitrogens is 1. The molecule has 1 amide bonds. The largest absolute Gasteiger partial charge is 0.345 e. The number of aromatic nitrogens is 1. The summed E-state index contributed by atoms with van der Waals surface area (Å²) in [6.45, 7) is 5.82. The molecule has 0 aromatic carbocycles. The van der Waals surface area contributed by atoms with Gasteiger partial charge in [0.1, 0.15) is 26.2 Å². The van der Waals surface area contributed by atoms with Crippen molar-refractivity contribution in [3.8, 4) is 0 Å². The first kappa shape index (κ1) is 17.2. The van der Waals surface area contributed by atoms with E-state index in [1.54, 1.807) is 0 Å². The Kier molecular flexibility index (Phi) is 4.78. The normalized spacial score (nSPS) is 27.1. The molecular formula is C16H26N4O3S+2. The number of rotatable bonds is 4. The maximum atomic E-state index is 12.3. The van der Waals surface area contributed by atoms with Gasteiger partial charge >= 0.3 is 0 Å². The topological polar surface area (TPSA) is 85.1 Å². The van der Waals surface area contributed by atoms with Crippen LogP contribution in [0.1, 0.15) is 13.3 Å². The molecule has 0 aliphatic carbocycles. The molecule has 132 valence electrons. The lowest BCUT2D eigenvalue weighted by atomic mass is 10.0. The number of H-pyrrole nitrogens is 1. The summed E-state index contributed by atoms with van der Waals surface area (Å²) in [5, 5.41) is 2.94. The highest BCUT2D eigenvalue weighted by Gasteiger charge is 2.40. The van der Waals surface area contributed by atoms with Gasteiger partial charge in [0, 0.05) is 6.07 Å². The summed E-state index contributed by atoms with van der Waals surface area (Å²) in [7, 11) is -3.00. The third-order valence-electron chi connectivity index (χ3n) is 4.86. The molecule has 2 fully saturated rings. The van der Waals surface area contributed by atoms with Gasteiger partial charge < -0.3 is 10.2 Å². The third kappa shape index (κ3) is 4.24. The Morgan fingerprint density at radius 2 is 2.12 bits per heavy atom. The number of nitrogens with one attached hydrogen (secondary N) is 3. The van der Waals surface area contributed by atoms with E-state index in [4.69, 9.17) is 0 Å². The van der Waals surface area contributed by atoms with Crippen LogP contribution in [0.2, 0.25) is 0 Å². The molecule has 0 saturated carbocycles. The van der Waals surface area contributed by atoms with Crippen molar-refractivity contribution in [3.05, 3.63) is 24.4 Å². The highest BCUT2D eigenvalue weighted by Crippen LogP contribution is 2.22. The van der Waals surface area contributed by atoms with Crippen LogP contribution in [0.3, 0.4) is 0 Å². The van der Waals surface area contributed by atoms with Gasteiger partial charge in [0.05, 0.1) is 23.2 Å². The molecule has 3 rings (SSSR count). The number of carbonyl (C=O) groups is 1. The molecule has 1 aromatic rings. The first-order valence-electron chi connectivity index (χ1n) is 8.42. The molecule has 0 spiro atoms. The zero-order valence-corrected chi connectivity index (χ0v) is 14.9. The van der Waals surface area contributed by atoms with Gasteiger partial charge in [0.15, 0.2) is 16.4 Å². The minimum atomic E-state index is -3.00. The summed E-state index contributed by atoms with van der Waals surface area (Å²) in [5.41, 5.74) is -0.601. The number of anilines is 1. The number of carbonyl (C=O) groups excluding carboxylic acids is 1. The van der Waals surface area contributed by atoms with Gasteiger partial charge in [0.25, 0.3) is 11.7 Å². The fourth-order valence-electron chi connectivity index (χ4n) is 3.54. The van der Waals surface area contributed by atoms with E-state index in [2.05, 4.69) is 21.3 Å². The van der Waals surface area contributed by atoms with Crippen LogP contribution in [0.15, 0.2) is 24.4 Å². The smallest absolute Gasteiger partial charge is 0.275 e. The van der Waals surface area contributed by atoms with Gasteiger partial charge in [0.2, 0.25) is 0 Å². The minimum Gasteiger partial charge on any atom is -0.345 e. The molecule has 0 bridgehead atoms. The summed E-state index contributed by atoms with van der Waals surface area (Å²) in [6.07, 6.45) is 2.42. The van der Waals surface area contributed by atoms with Gasteiger partial charge in [-0.15, -0.1) is 0 Å². The molecule has 2 aliphatic heterocycles. The van der Waals surface area contributed by atoms with Gasteiger partial charge in [-0.05, 0) is 19.4 Å². The Morgan fingerprint density at radius 3 is 2.71 bits per heavy atom. The number of aromatic amines is 1. The predicted octanol–water partition coefficient (Wildman–Crippen LogP) is -2.10. The second-order valence-corrected chi connectivity index (χ2v) is 9.30. The average molecular weight is 354 g/mol. The molecule has 0 unspecified atom stereocenters. The summed E-state index contributed by atoms with van der Waals surface area (Å²) in [6, 6.07) is 6.02. The van der Waals surface area contributed by atoms with Crippen LogP contribution in [-0.2, 0) is 14.6 Å². The third-order valence-corrected chi connectivity index (χ3v) is 6.76. The lowest BCUT2D eigenvalue weighted by molar-refractivity contribution is -0.892. The Balaban J connectivity index is 1.47. The molecule has 3 N–H and O–H groups in total. The fourth-order valence-corrected chi connectivity index (χ4v) is 5.63. The molecule has 1 aromatic heterocycles. The molecule has 0 radical (unpaired) electrons. The summed E-state index contributed by atoms with van der Waals surface area (Å²) >= 11 is 0. The molecule has 7 nitrogen and oxygen atoms in total. The van der Waals surface area contributed by atoms with Crippen molar-refractivity contribution in [1.82, 2.24) is 5.32 Å². The lowest BCUT2D eigenvalue weighted by Crippen LogP contribution is -3.16. The Morgan fingerprint density at radius 1 is 1.38 bits per heavy atom. The highest BCUT2D eigenvalue weighted by molar-refractivity contribution is 7.91. The number of pyridine rings is 1. The molecule has 2 saturated heterocycles. The first-order valence-corrected chi connectivity index (χ1v) is 10.2. The SMILES string of the molecule is C[C@@]1(NC(=O)C[NH+]2CCN(c3cccc[nH+]3)CC2)CCS(=O)(=O)C1. The van der Waals surface area contributed by atoms with Gasteiger partial charge in [-0.1, -0.05) is 6.07 Å². The number of sulfone groups is 1. The van der Waals surface area contributed by atoms with Crippen molar-refractivity contribution in [2.75, 3.05) is 49.1 Å². The van der Waals surface area contributed by atoms with E-state index in [9.17, 15) is 13.2 Å². The van der Waals surface area contributed by atoms with Crippen LogP contribution >= 0.6 is 0 Å². The minimum absolute atomic E-state index is 0.0516. The number of nitrogens with zero attached hydrogens (tertiary/aromatic N) is 1. The Hall–Kier alpha value is -1.67. The van der Waals surface area contributed by atoms with Crippen LogP contribution in [0.4, 0.5) is 5.82 Å². The first-order chi connectivity index (χ1) is 11.4. The lowest BCUT2D eigenvalue weighted by Gasteiger charge is -2.29. The van der Waals surface area contributed by atoms with Crippen LogP contribution < -0.4 is 20.1 Å². The molecule has 2 aliphatic rings. The molecule has 24 heavy (non-hydrogen) atoms. The predicted molar refractivity (Wildman–Crippen MR) is 90.6 cm³/mol. The van der Waals surface area contributed by atoms with Crippen LogP contribution in [-0.4, -0.2) is 64.1 Å². The summed E-state index contributed by atoms with van der Waals surface area (Å²) in [4.78, 5) is 19.0. The van der Waals surface area contributed by atoms with Gasteiger partial charge in [-0.3, -0.25) is 9.69 Å². The molecular weight excluding hydrogens is 328 g/mol. The van der Waals surface area contributed by atoms with E-state index in [1.807, 2.05) is 25.3 Å². The van der Waals surface area contributed by atoms with E-state index >= 15 is 0 Å². The van der Waals surface area contributed by atoms with Crippen LogP contribution in [0, 0.1) is 0 Å². The Bertz CT molecular complexity index is 687. The van der Waals surface area contributed by atoms with Crippen LogP contribution in [0.5, 0.6) is 0 Å². The van der Waals surface area contributed by atoms with E-state index in [0.717, 1.165) is 32.0 Å². The van der Waals surface area contributed by atoms with Crippen molar-refractivity contribution < 1.29 is 23.1 Å². The quantitative estimate of drug-likeness (QED) is 0.649. The maximum absolute atomic E-state index is 12.3. The average Bonchev–Trinajstić information content (AvgIpc) is 2.82. The molecule has 3 heterocycles. The van der Waals surface area contributed by atoms with Crippen molar-refractivity contribution in [3.63, 3.8) is 0 Å². The van der Waals surface area contributed by atoms with Crippen molar-refractivity contribution in [2.24, 2.45) is 0 Å². The van der Waals surface area contributed by atoms with Crippen molar-refractivity contribution in [2.45, 2.75) is 18.9 Å². The Labute approximate surface area is 143 Å². The summed E-state index contributed by atoms with van der Waals surface area (Å²) in [5.74, 6) is 1.27. The number of amides is 1. The fraction of sp³-hybridized carbons (Fsp3) is 0.625. The maximum Gasteiger partial charge on any atom is 0.275 e. The van der Waals surface area contributed by atoms with Crippen LogP contribution in [0.25, 0.3) is 0 Å². The van der Waals surface area contributed by atoms with E-state index in [0.29, 0.717) is 13.0 Å². The van der Waals surface area contributed by atoms with E-state index in [-0.39, 0.29) is 17.4 Å². The number of piperazine rings is 1. The zero-order valence-electron chi connectivity index (χ0n) is 14.0. The monoisotopic (exact) mass is 354 g/mol. The van der Waals surface area contributed by atoms with E-state index in [1.165, 1.54) is 4.90 Å². The summed E-state index contributed by atoms with van der Waals surface area (Å²) < 4.78 is 23.2.